The molecule has 6 nitrogen and oxygen atoms in total. The number of carboxylic acid groups (broad SMARTS) is 2. The first-order valence-corrected chi connectivity index (χ1v) is 7.09. The van der Waals surface area contributed by atoms with Crippen molar-refractivity contribution in [3.05, 3.63) is 0 Å². The van der Waals surface area contributed by atoms with E-state index < -0.39 is 35.7 Å². The van der Waals surface area contributed by atoms with Crippen LogP contribution in [0.1, 0.15) is 46.0 Å². The fraction of sp³-hybridized carbons (Fsp3) is 0.786. The molecule has 0 spiro atoms. The van der Waals surface area contributed by atoms with Crippen LogP contribution in [0.15, 0.2) is 0 Å². The predicted octanol–water partition coefficient (Wildman–Crippen LogP) is 1.49. The highest BCUT2D eigenvalue weighted by atomic mass is 16.4. The first kappa shape index (κ1) is 16.5. The van der Waals surface area contributed by atoms with E-state index in [0.29, 0.717) is 19.3 Å². The number of hydrogen-bond donors (Lipinski definition) is 3. The van der Waals surface area contributed by atoms with Crippen molar-refractivity contribution in [2.24, 2.45) is 17.8 Å². The summed E-state index contributed by atoms with van der Waals surface area (Å²) in [6, 6.07) is -0.945. The SMILES string of the molecule is CC(C)CC(NC(=O)C1CCCCC1C(=O)O)C(=O)O. The van der Waals surface area contributed by atoms with Gasteiger partial charge in [-0.05, 0) is 25.2 Å². The van der Waals surface area contributed by atoms with E-state index in [1.165, 1.54) is 0 Å². The molecule has 3 N–H and O–H groups in total. The molecule has 0 aromatic rings. The van der Waals surface area contributed by atoms with Gasteiger partial charge in [0.25, 0.3) is 0 Å². The Morgan fingerprint density at radius 2 is 1.65 bits per heavy atom. The highest BCUT2D eigenvalue weighted by Crippen LogP contribution is 2.30. The second-order valence-electron chi connectivity index (χ2n) is 5.86. The van der Waals surface area contributed by atoms with Crippen molar-refractivity contribution < 1.29 is 24.6 Å². The molecule has 0 aliphatic heterocycles. The molecule has 1 saturated carbocycles. The van der Waals surface area contributed by atoms with Gasteiger partial charge in [0.2, 0.25) is 5.91 Å². The molecular formula is C14H23NO5. The quantitative estimate of drug-likeness (QED) is 0.686. The maximum atomic E-state index is 12.2. The third-order valence-corrected chi connectivity index (χ3v) is 3.74. The van der Waals surface area contributed by atoms with Crippen LogP contribution >= 0.6 is 0 Å². The molecule has 1 aliphatic rings. The molecule has 0 saturated heterocycles. The van der Waals surface area contributed by atoms with Crippen LogP contribution in [0, 0.1) is 17.8 Å². The van der Waals surface area contributed by atoms with Crippen LogP contribution < -0.4 is 5.32 Å². The fourth-order valence-corrected chi connectivity index (χ4v) is 2.71. The molecular weight excluding hydrogens is 262 g/mol. The highest BCUT2D eigenvalue weighted by Gasteiger charge is 2.37. The molecule has 6 heteroatoms. The number of rotatable bonds is 6. The lowest BCUT2D eigenvalue weighted by Crippen LogP contribution is -2.47. The molecule has 0 bridgehead atoms. The zero-order valence-electron chi connectivity index (χ0n) is 12.0. The summed E-state index contributed by atoms with van der Waals surface area (Å²) in [6.07, 6.45) is 2.94. The van der Waals surface area contributed by atoms with Crippen molar-refractivity contribution in [3.8, 4) is 0 Å². The lowest BCUT2D eigenvalue weighted by molar-refractivity contribution is -0.150. The summed E-state index contributed by atoms with van der Waals surface area (Å²) in [5.41, 5.74) is 0. The zero-order chi connectivity index (χ0) is 15.3. The Labute approximate surface area is 118 Å². The Morgan fingerprint density at radius 3 is 2.10 bits per heavy atom. The molecule has 1 aliphatic carbocycles. The van der Waals surface area contributed by atoms with Gasteiger partial charge in [0.05, 0.1) is 11.8 Å². The molecule has 1 rings (SSSR count). The van der Waals surface area contributed by atoms with E-state index in [2.05, 4.69) is 5.32 Å². The lowest BCUT2D eigenvalue weighted by atomic mass is 9.78. The van der Waals surface area contributed by atoms with E-state index in [4.69, 9.17) is 10.2 Å². The molecule has 1 fully saturated rings. The number of amides is 1. The van der Waals surface area contributed by atoms with Gasteiger partial charge in [0, 0.05) is 0 Å². The number of hydrogen-bond acceptors (Lipinski definition) is 3. The van der Waals surface area contributed by atoms with E-state index in [1.807, 2.05) is 13.8 Å². The predicted molar refractivity (Wildman–Crippen MR) is 72.1 cm³/mol. The molecule has 0 radical (unpaired) electrons. The molecule has 20 heavy (non-hydrogen) atoms. The maximum Gasteiger partial charge on any atom is 0.326 e. The monoisotopic (exact) mass is 285 g/mol. The minimum absolute atomic E-state index is 0.137. The first-order valence-electron chi connectivity index (χ1n) is 7.09. The van der Waals surface area contributed by atoms with Crippen LogP contribution in [0.3, 0.4) is 0 Å². The molecule has 3 atom stereocenters. The fourth-order valence-electron chi connectivity index (χ4n) is 2.71. The van der Waals surface area contributed by atoms with Crippen molar-refractivity contribution in [2.45, 2.75) is 52.0 Å². The summed E-state index contributed by atoms with van der Waals surface area (Å²) in [5.74, 6) is -3.66. The molecule has 0 heterocycles. The Hall–Kier alpha value is -1.59. The van der Waals surface area contributed by atoms with Gasteiger partial charge < -0.3 is 15.5 Å². The molecule has 3 unspecified atom stereocenters. The highest BCUT2D eigenvalue weighted by molar-refractivity contribution is 5.88. The number of aliphatic carboxylic acids is 2. The summed E-state index contributed by atoms with van der Waals surface area (Å²) >= 11 is 0. The van der Waals surface area contributed by atoms with E-state index in [0.717, 1.165) is 12.8 Å². The van der Waals surface area contributed by atoms with Gasteiger partial charge in [-0.1, -0.05) is 26.7 Å². The van der Waals surface area contributed by atoms with E-state index in [1.54, 1.807) is 0 Å². The van der Waals surface area contributed by atoms with Crippen LogP contribution in [0.25, 0.3) is 0 Å². The standard InChI is InChI=1S/C14H23NO5/c1-8(2)7-11(14(19)20)15-12(16)9-5-3-4-6-10(9)13(17)18/h8-11H,3-7H2,1-2H3,(H,15,16)(H,17,18)(H,19,20). The number of carbonyl (C=O) groups is 3. The number of nitrogens with one attached hydrogen (secondary N) is 1. The summed E-state index contributed by atoms with van der Waals surface area (Å²) in [7, 11) is 0. The third-order valence-electron chi connectivity index (χ3n) is 3.74. The Balaban J connectivity index is 2.71. The third kappa shape index (κ3) is 4.51. The minimum atomic E-state index is -1.07. The summed E-state index contributed by atoms with van der Waals surface area (Å²) in [6.45, 7) is 3.76. The Kier molecular flexibility index (Phi) is 5.98. The van der Waals surface area contributed by atoms with Crippen LogP contribution in [-0.2, 0) is 14.4 Å². The summed E-state index contributed by atoms with van der Waals surface area (Å²) < 4.78 is 0. The average molecular weight is 285 g/mol. The second-order valence-corrected chi connectivity index (χ2v) is 5.86. The smallest absolute Gasteiger partial charge is 0.326 e. The van der Waals surface area contributed by atoms with Crippen molar-refractivity contribution in [1.29, 1.82) is 0 Å². The van der Waals surface area contributed by atoms with E-state index >= 15 is 0 Å². The zero-order valence-corrected chi connectivity index (χ0v) is 12.0. The summed E-state index contributed by atoms with van der Waals surface area (Å²) in [5, 5.41) is 20.8. The van der Waals surface area contributed by atoms with Gasteiger partial charge in [-0.15, -0.1) is 0 Å². The van der Waals surface area contributed by atoms with Crippen LogP contribution in [0.5, 0.6) is 0 Å². The molecule has 0 aromatic carbocycles. The first-order chi connectivity index (χ1) is 9.32. The summed E-state index contributed by atoms with van der Waals surface area (Å²) in [4.78, 5) is 34.5. The van der Waals surface area contributed by atoms with Crippen molar-refractivity contribution in [1.82, 2.24) is 5.32 Å². The van der Waals surface area contributed by atoms with E-state index in [-0.39, 0.29) is 5.92 Å². The van der Waals surface area contributed by atoms with Crippen LogP contribution in [-0.4, -0.2) is 34.1 Å². The number of carbonyl (C=O) groups excluding carboxylic acids is 1. The topological polar surface area (TPSA) is 104 Å². The maximum absolute atomic E-state index is 12.2. The van der Waals surface area contributed by atoms with Gasteiger partial charge in [0.1, 0.15) is 6.04 Å². The number of carboxylic acids is 2. The second kappa shape index (κ2) is 7.26. The normalized spacial score (nSPS) is 24.1. The van der Waals surface area contributed by atoms with Gasteiger partial charge in [0.15, 0.2) is 0 Å². The largest absolute Gasteiger partial charge is 0.481 e. The lowest BCUT2D eigenvalue weighted by Gasteiger charge is -2.28. The van der Waals surface area contributed by atoms with Gasteiger partial charge in [-0.2, -0.15) is 0 Å². The Bertz CT molecular complexity index is 380. The van der Waals surface area contributed by atoms with Crippen molar-refractivity contribution in [2.75, 3.05) is 0 Å². The van der Waals surface area contributed by atoms with Crippen molar-refractivity contribution >= 4 is 17.8 Å². The minimum Gasteiger partial charge on any atom is -0.481 e. The Morgan fingerprint density at radius 1 is 1.10 bits per heavy atom. The van der Waals surface area contributed by atoms with Crippen molar-refractivity contribution in [3.63, 3.8) is 0 Å². The molecule has 114 valence electrons. The van der Waals surface area contributed by atoms with Gasteiger partial charge in [-0.3, -0.25) is 9.59 Å². The average Bonchev–Trinajstić information content (AvgIpc) is 2.37. The molecule has 0 aromatic heterocycles. The van der Waals surface area contributed by atoms with Gasteiger partial charge in [-0.25, -0.2) is 4.79 Å². The van der Waals surface area contributed by atoms with Gasteiger partial charge >= 0.3 is 11.9 Å². The van der Waals surface area contributed by atoms with Crippen LogP contribution in [0.4, 0.5) is 0 Å². The van der Waals surface area contributed by atoms with Crippen LogP contribution in [0.2, 0.25) is 0 Å². The molecule has 1 amide bonds. The van der Waals surface area contributed by atoms with E-state index in [9.17, 15) is 14.4 Å².